The van der Waals surface area contributed by atoms with E-state index in [0.29, 0.717) is 18.0 Å². The zero-order valence-corrected chi connectivity index (χ0v) is 11.9. The standard InChI is InChI=1S/C14H30N2O/c1-5-11(3)16-9-12(8-14(17)6-2)7-13(10-16)15-4/h11-15,17H,5-10H2,1-4H3. The molecule has 3 heteroatoms. The fraction of sp³-hybridized carbons (Fsp3) is 1.00. The number of nitrogens with zero attached hydrogens (tertiary/aromatic N) is 1. The maximum absolute atomic E-state index is 9.81. The lowest BCUT2D eigenvalue weighted by Crippen LogP contribution is -2.51. The van der Waals surface area contributed by atoms with Gasteiger partial charge in [0.05, 0.1) is 6.10 Å². The highest BCUT2D eigenvalue weighted by Crippen LogP contribution is 2.24. The predicted octanol–water partition coefficient (Wildman–Crippen LogP) is 1.86. The summed E-state index contributed by atoms with van der Waals surface area (Å²) in [4.78, 5) is 2.58. The van der Waals surface area contributed by atoms with Crippen molar-refractivity contribution in [2.24, 2.45) is 5.92 Å². The molecule has 0 radical (unpaired) electrons. The molecular weight excluding hydrogens is 212 g/mol. The first-order chi connectivity index (χ1) is 8.10. The molecule has 4 unspecified atom stereocenters. The van der Waals surface area contributed by atoms with Gasteiger partial charge in [-0.05, 0) is 45.6 Å². The minimum absolute atomic E-state index is 0.116. The highest BCUT2D eigenvalue weighted by atomic mass is 16.3. The van der Waals surface area contributed by atoms with Gasteiger partial charge in [-0.2, -0.15) is 0 Å². The van der Waals surface area contributed by atoms with Crippen LogP contribution in [0.15, 0.2) is 0 Å². The number of hydrogen-bond donors (Lipinski definition) is 2. The summed E-state index contributed by atoms with van der Waals surface area (Å²) in [7, 11) is 2.05. The zero-order chi connectivity index (χ0) is 12.8. The van der Waals surface area contributed by atoms with Crippen molar-refractivity contribution in [3.05, 3.63) is 0 Å². The number of hydrogen-bond acceptors (Lipinski definition) is 3. The van der Waals surface area contributed by atoms with Gasteiger partial charge >= 0.3 is 0 Å². The maximum atomic E-state index is 9.81. The Balaban J connectivity index is 2.53. The van der Waals surface area contributed by atoms with Crippen LogP contribution in [0.2, 0.25) is 0 Å². The molecule has 4 atom stereocenters. The summed E-state index contributed by atoms with van der Waals surface area (Å²) >= 11 is 0. The van der Waals surface area contributed by atoms with Crippen LogP contribution >= 0.6 is 0 Å². The van der Waals surface area contributed by atoms with Gasteiger partial charge in [0.1, 0.15) is 0 Å². The molecule has 0 bridgehead atoms. The Morgan fingerprint density at radius 1 is 1.29 bits per heavy atom. The van der Waals surface area contributed by atoms with E-state index in [0.717, 1.165) is 25.9 Å². The predicted molar refractivity (Wildman–Crippen MR) is 73.2 cm³/mol. The van der Waals surface area contributed by atoms with Crippen LogP contribution in [0, 0.1) is 5.92 Å². The normalized spacial score (nSPS) is 30.2. The minimum Gasteiger partial charge on any atom is -0.393 e. The first kappa shape index (κ1) is 14.9. The summed E-state index contributed by atoms with van der Waals surface area (Å²) in [6, 6.07) is 1.25. The third kappa shape index (κ3) is 4.57. The van der Waals surface area contributed by atoms with Gasteiger partial charge in [0.25, 0.3) is 0 Å². The summed E-state index contributed by atoms with van der Waals surface area (Å²) < 4.78 is 0. The van der Waals surface area contributed by atoms with Crippen molar-refractivity contribution in [1.29, 1.82) is 0 Å². The highest BCUT2D eigenvalue weighted by Gasteiger charge is 2.29. The Hall–Kier alpha value is -0.120. The average Bonchev–Trinajstić information content (AvgIpc) is 2.36. The van der Waals surface area contributed by atoms with E-state index in [1.165, 1.54) is 12.8 Å². The number of nitrogens with one attached hydrogen (secondary N) is 1. The number of rotatable bonds is 6. The minimum atomic E-state index is -0.116. The number of likely N-dealkylation sites (tertiary alicyclic amines) is 1. The maximum Gasteiger partial charge on any atom is 0.0540 e. The Morgan fingerprint density at radius 3 is 2.53 bits per heavy atom. The van der Waals surface area contributed by atoms with Crippen molar-refractivity contribution in [3.8, 4) is 0 Å². The van der Waals surface area contributed by atoms with E-state index >= 15 is 0 Å². The molecule has 0 aromatic rings. The molecule has 2 N–H and O–H groups in total. The van der Waals surface area contributed by atoms with Crippen LogP contribution in [0.25, 0.3) is 0 Å². The Kier molecular flexibility index (Phi) is 6.45. The molecule has 1 rings (SSSR count). The van der Waals surface area contributed by atoms with Crippen LogP contribution in [-0.4, -0.2) is 48.3 Å². The van der Waals surface area contributed by atoms with Crippen LogP contribution in [-0.2, 0) is 0 Å². The van der Waals surface area contributed by atoms with E-state index in [2.05, 4.69) is 38.0 Å². The summed E-state index contributed by atoms with van der Waals surface area (Å²) in [6.07, 6.45) is 4.14. The van der Waals surface area contributed by atoms with Gasteiger partial charge in [-0.3, -0.25) is 4.90 Å². The Labute approximate surface area is 107 Å². The van der Waals surface area contributed by atoms with Crippen LogP contribution in [0.1, 0.15) is 46.5 Å². The molecule has 3 nitrogen and oxygen atoms in total. The number of aliphatic hydroxyl groups excluding tert-OH is 1. The lowest BCUT2D eigenvalue weighted by Gasteiger charge is -2.41. The van der Waals surface area contributed by atoms with Gasteiger partial charge < -0.3 is 10.4 Å². The van der Waals surface area contributed by atoms with E-state index < -0.39 is 0 Å². The number of likely N-dealkylation sites (N-methyl/N-ethyl adjacent to an activating group) is 1. The van der Waals surface area contributed by atoms with E-state index in [1.54, 1.807) is 0 Å². The van der Waals surface area contributed by atoms with Crippen molar-refractivity contribution in [2.75, 3.05) is 20.1 Å². The molecule has 0 aromatic heterocycles. The van der Waals surface area contributed by atoms with Gasteiger partial charge in [-0.15, -0.1) is 0 Å². The summed E-state index contributed by atoms with van der Waals surface area (Å²) in [5.74, 6) is 0.644. The third-order valence-corrected chi connectivity index (χ3v) is 4.26. The summed E-state index contributed by atoms with van der Waals surface area (Å²) in [5.41, 5.74) is 0. The van der Waals surface area contributed by atoms with Crippen molar-refractivity contribution in [2.45, 2.75) is 64.6 Å². The van der Waals surface area contributed by atoms with Crippen LogP contribution < -0.4 is 5.32 Å². The molecule has 1 heterocycles. The Morgan fingerprint density at radius 2 is 2.00 bits per heavy atom. The SMILES string of the molecule is CCC(O)CC1CC(NC)CN(C(C)CC)C1. The molecule has 1 saturated heterocycles. The van der Waals surface area contributed by atoms with Crippen LogP contribution in [0.4, 0.5) is 0 Å². The van der Waals surface area contributed by atoms with Gasteiger partial charge in [-0.25, -0.2) is 0 Å². The molecule has 0 spiro atoms. The summed E-state index contributed by atoms with van der Waals surface area (Å²) in [5, 5.41) is 13.2. The highest BCUT2D eigenvalue weighted by molar-refractivity contribution is 4.85. The third-order valence-electron chi connectivity index (χ3n) is 4.26. The van der Waals surface area contributed by atoms with Gasteiger partial charge in [0.2, 0.25) is 0 Å². The van der Waals surface area contributed by atoms with Gasteiger partial charge in [0.15, 0.2) is 0 Å². The van der Waals surface area contributed by atoms with Gasteiger partial charge in [0, 0.05) is 25.2 Å². The molecule has 1 aliphatic heterocycles. The fourth-order valence-corrected chi connectivity index (χ4v) is 2.79. The Bertz CT molecular complexity index is 208. The first-order valence-corrected chi connectivity index (χ1v) is 7.20. The molecule has 0 aromatic carbocycles. The lowest BCUT2D eigenvalue weighted by atomic mass is 9.88. The lowest BCUT2D eigenvalue weighted by molar-refractivity contribution is 0.0662. The summed E-state index contributed by atoms with van der Waals surface area (Å²) in [6.45, 7) is 8.94. The average molecular weight is 242 g/mol. The molecule has 0 amide bonds. The molecule has 17 heavy (non-hydrogen) atoms. The number of aliphatic hydroxyl groups is 1. The largest absolute Gasteiger partial charge is 0.393 e. The quantitative estimate of drug-likeness (QED) is 0.746. The molecule has 102 valence electrons. The van der Waals surface area contributed by atoms with E-state index in [4.69, 9.17) is 0 Å². The molecule has 1 fully saturated rings. The van der Waals surface area contributed by atoms with Crippen molar-refractivity contribution in [1.82, 2.24) is 10.2 Å². The van der Waals surface area contributed by atoms with E-state index in [1.807, 2.05) is 0 Å². The second kappa shape index (κ2) is 7.34. The first-order valence-electron chi connectivity index (χ1n) is 7.20. The topological polar surface area (TPSA) is 35.5 Å². The fourth-order valence-electron chi connectivity index (χ4n) is 2.79. The molecule has 0 aliphatic carbocycles. The van der Waals surface area contributed by atoms with Crippen molar-refractivity contribution in [3.63, 3.8) is 0 Å². The second-order valence-corrected chi connectivity index (χ2v) is 5.60. The molecule has 0 saturated carbocycles. The van der Waals surface area contributed by atoms with Crippen molar-refractivity contribution >= 4 is 0 Å². The van der Waals surface area contributed by atoms with E-state index in [-0.39, 0.29) is 6.10 Å². The molecular formula is C14H30N2O. The second-order valence-electron chi connectivity index (χ2n) is 5.60. The smallest absolute Gasteiger partial charge is 0.0540 e. The van der Waals surface area contributed by atoms with Crippen LogP contribution in [0.5, 0.6) is 0 Å². The zero-order valence-electron chi connectivity index (χ0n) is 11.9. The van der Waals surface area contributed by atoms with Crippen molar-refractivity contribution < 1.29 is 5.11 Å². The van der Waals surface area contributed by atoms with E-state index in [9.17, 15) is 5.11 Å². The van der Waals surface area contributed by atoms with Gasteiger partial charge in [-0.1, -0.05) is 13.8 Å². The monoisotopic (exact) mass is 242 g/mol. The number of piperidine rings is 1. The van der Waals surface area contributed by atoms with Crippen LogP contribution in [0.3, 0.4) is 0 Å². The molecule has 1 aliphatic rings.